The summed E-state index contributed by atoms with van der Waals surface area (Å²) in [7, 11) is 0. The summed E-state index contributed by atoms with van der Waals surface area (Å²) in [6.07, 6.45) is -5.00. The van der Waals surface area contributed by atoms with Crippen molar-refractivity contribution in [1.29, 1.82) is 0 Å². The maximum Gasteiger partial charge on any atom is 0.416 e. The van der Waals surface area contributed by atoms with Gasteiger partial charge in [0.05, 0.1) is 5.56 Å². The number of benzene rings is 1. The summed E-state index contributed by atoms with van der Waals surface area (Å²) in [5.41, 5.74) is 3.81. The highest BCUT2D eigenvalue weighted by molar-refractivity contribution is 5.73. The van der Waals surface area contributed by atoms with E-state index in [1.165, 1.54) is 6.92 Å². The second kappa shape index (κ2) is 4.93. The largest absolute Gasteiger partial charge is 0.480 e. The Kier molecular flexibility index (Phi) is 3.95. The fourth-order valence-corrected chi connectivity index (χ4v) is 1.53. The first-order valence-electron chi connectivity index (χ1n) is 4.97. The van der Waals surface area contributed by atoms with Crippen molar-refractivity contribution in [2.45, 2.75) is 25.6 Å². The minimum Gasteiger partial charge on any atom is -0.480 e. The van der Waals surface area contributed by atoms with Crippen molar-refractivity contribution >= 4 is 5.97 Å². The van der Waals surface area contributed by atoms with E-state index in [2.05, 4.69) is 0 Å². The van der Waals surface area contributed by atoms with Crippen LogP contribution in [0.1, 0.15) is 16.7 Å². The van der Waals surface area contributed by atoms with Gasteiger partial charge in [-0.15, -0.1) is 0 Å². The molecule has 0 heterocycles. The standard InChI is InChI=1S/C11H11F4NO2/c1-5-2-6(3-9(16)10(17)18)8(12)4-7(5)11(13,14)15/h2,4,9H,3,16H2,1H3,(H,17,18)/t9-/m1/s1. The molecule has 0 aliphatic rings. The highest BCUT2D eigenvalue weighted by Crippen LogP contribution is 2.33. The molecule has 0 bridgehead atoms. The molecule has 100 valence electrons. The number of aliphatic carboxylic acids is 1. The molecule has 1 aromatic carbocycles. The summed E-state index contributed by atoms with van der Waals surface area (Å²) in [5.74, 6) is -2.45. The topological polar surface area (TPSA) is 63.3 Å². The zero-order chi connectivity index (χ0) is 14.1. The zero-order valence-corrected chi connectivity index (χ0v) is 9.38. The lowest BCUT2D eigenvalue weighted by Gasteiger charge is -2.14. The first-order chi connectivity index (χ1) is 8.12. The number of hydrogen-bond donors (Lipinski definition) is 2. The van der Waals surface area contributed by atoms with Gasteiger partial charge in [0.2, 0.25) is 0 Å². The number of carboxylic acids is 1. The minimum atomic E-state index is -4.64. The summed E-state index contributed by atoms with van der Waals surface area (Å²) in [4.78, 5) is 10.5. The van der Waals surface area contributed by atoms with Crippen molar-refractivity contribution in [1.82, 2.24) is 0 Å². The molecule has 1 rings (SSSR count). The molecule has 3 N–H and O–H groups in total. The average Bonchev–Trinajstić information content (AvgIpc) is 2.20. The van der Waals surface area contributed by atoms with Crippen LogP contribution in [0.25, 0.3) is 0 Å². The van der Waals surface area contributed by atoms with Crippen molar-refractivity contribution < 1.29 is 27.5 Å². The van der Waals surface area contributed by atoms with Crippen LogP contribution in [-0.4, -0.2) is 17.1 Å². The Morgan fingerprint density at radius 3 is 2.44 bits per heavy atom. The van der Waals surface area contributed by atoms with E-state index in [-0.39, 0.29) is 17.5 Å². The number of halogens is 4. The van der Waals surface area contributed by atoms with E-state index in [9.17, 15) is 22.4 Å². The van der Waals surface area contributed by atoms with Gasteiger partial charge in [0.1, 0.15) is 11.9 Å². The van der Waals surface area contributed by atoms with Crippen LogP contribution in [0.3, 0.4) is 0 Å². The van der Waals surface area contributed by atoms with Gasteiger partial charge in [-0.2, -0.15) is 13.2 Å². The number of alkyl halides is 3. The molecule has 0 radical (unpaired) electrons. The van der Waals surface area contributed by atoms with Crippen LogP contribution in [0.5, 0.6) is 0 Å². The summed E-state index contributed by atoms with van der Waals surface area (Å²) in [6, 6.07) is -0.0177. The van der Waals surface area contributed by atoms with E-state index in [4.69, 9.17) is 10.8 Å². The van der Waals surface area contributed by atoms with Gasteiger partial charge in [0, 0.05) is 6.42 Å². The lowest BCUT2D eigenvalue weighted by Crippen LogP contribution is -2.32. The Labute approximate surface area is 100 Å². The number of carboxylic acid groups (broad SMARTS) is 1. The van der Waals surface area contributed by atoms with Crippen LogP contribution in [0.4, 0.5) is 17.6 Å². The molecule has 1 aromatic rings. The molecule has 0 amide bonds. The molecule has 1 atom stereocenters. The first kappa shape index (κ1) is 14.4. The molecule has 0 spiro atoms. The monoisotopic (exact) mass is 265 g/mol. The number of carbonyl (C=O) groups is 1. The van der Waals surface area contributed by atoms with Gasteiger partial charge in [-0.1, -0.05) is 6.07 Å². The summed E-state index contributed by atoms with van der Waals surface area (Å²) in [5, 5.41) is 8.56. The predicted molar refractivity (Wildman–Crippen MR) is 55.5 cm³/mol. The zero-order valence-electron chi connectivity index (χ0n) is 9.38. The van der Waals surface area contributed by atoms with Crippen molar-refractivity contribution in [2.75, 3.05) is 0 Å². The van der Waals surface area contributed by atoms with Crippen LogP contribution in [0, 0.1) is 12.7 Å². The minimum absolute atomic E-state index is 0.143. The number of aryl methyl sites for hydroxylation is 1. The van der Waals surface area contributed by atoms with Gasteiger partial charge >= 0.3 is 12.1 Å². The quantitative estimate of drug-likeness (QED) is 0.823. The highest BCUT2D eigenvalue weighted by atomic mass is 19.4. The SMILES string of the molecule is Cc1cc(C[C@@H](N)C(=O)O)c(F)cc1C(F)(F)F. The van der Waals surface area contributed by atoms with Crippen LogP contribution in [0.2, 0.25) is 0 Å². The third kappa shape index (κ3) is 3.19. The van der Waals surface area contributed by atoms with Gasteiger partial charge in [-0.3, -0.25) is 4.79 Å². The molecule has 18 heavy (non-hydrogen) atoms. The normalized spacial score (nSPS) is 13.4. The Balaban J connectivity index is 3.12. The smallest absolute Gasteiger partial charge is 0.416 e. The Morgan fingerprint density at radius 1 is 1.44 bits per heavy atom. The Morgan fingerprint density at radius 2 is 2.00 bits per heavy atom. The van der Waals surface area contributed by atoms with Crippen LogP contribution < -0.4 is 5.73 Å². The maximum absolute atomic E-state index is 13.4. The second-order valence-corrected chi connectivity index (χ2v) is 3.91. The van der Waals surface area contributed by atoms with Crippen molar-refractivity contribution in [3.8, 4) is 0 Å². The Hall–Kier alpha value is -1.63. The van der Waals surface area contributed by atoms with Gasteiger partial charge in [0.15, 0.2) is 0 Å². The molecular weight excluding hydrogens is 254 g/mol. The van der Waals surface area contributed by atoms with Crippen LogP contribution >= 0.6 is 0 Å². The molecule has 0 fully saturated rings. The lowest BCUT2D eigenvalue weighted by molar-refractivity contribution is -0.139. The average molecular weight is 265 g/mol. The van der Waals surface area contributed by atoms with E-state index in [1.54, 1.807) is 0 Å². The van der Waals surface area contributed by atoms with Gasteiger partial charge in [0.25, 0.3) is 0 Å². The molecule has 0 saturated heterocycles. The molecule has 3 nitrogen and oxygen atoms in total. The fourth-order valence-electron chi connectivity index (χ4n) is 1.53. The van der Waals surface area contributed by atoms with Gasteiger partial charge < -0.3 is 10.8 Å². The Bertz CT molecular complexity index is 471. The molecule has 0 saturated carbocycles. The molecule has 0 aliphatic heterocycles. The fraction of sp³-hybridized carbons (Fsp3) is 0.364. The summed E-state index contributed by atoms with van der Waals surface area (Å²) < 4.78 is 50.8. The van der Waals surface area contributed by atoms with E-state index < -0.39 is 29.6 Å². The van der Waals surface area contributed by atoms with Crippen molar-refractivity contribution in [3.05, 3.63) is 34.6 Å². The lowest BCUT2D eigenvalue weighted by atomic mass is 9.99. The summed E-state index contributed by atoms with van der Waals surface area (Å²) >= 11 is 0. The molecular formula is C11H11F4NO2. The molecule has 0 aromatic heterocycles. The first-order valence-corrected chi connectivity index (χ1v) is 4.97. The van der Waals surface area contributed by atoms with E-state index in [0.717, 1.165) is 6.07 Å². The third-order valence-corrected chi connectivity index (χ3v) is 2.46. The number of nitrogens with two attached hydrogens (primary N) is 1. The maximum atomic E-state index is 13.4. The highest BCUT2D eigenvalue weighted by Gasteiger charge is 2.33. The van der Waals surface area contributed by atoms with E-state index in [0.29, 0.717) is 6.07 Å². The molecule has 0 aliphatic carbocycles. The second-order valence-electron chi connectivity index (χ2n) is 3.91. The molecule has 7 heteroatoms. The molecule has 0 unspecified atom stereocenters. The van der Waals surface area contributed by atoms with Crippen molar-refractivity contribution in [3.63, 3.8) is 0 Å². The summed E-state index contributed by atoms with van der Waals surface area (Å²) in [6.45, 7) is 1.18. The van der Waals surface area contributed by atoms with Gasteiger partial charge in [-0.25, -0.2) is 4.39 Å². The van der Waals surface area contributed by atoms with Crippen LogP contribution in [0.15, 0.2) is 12.1 Å². The van der Waals surface area contributed by atoms with E-state index in [1.807, 2.05) is 0 Å². The van der Waals surface area contributed by atoms with E-state index >= 15 is 0 Å². The van der Waals surface area contributed by atoms with Crippen LogP contribution in [-0.2, 0) is 17.4 Å². The van der Waals surface area contributed by atoms with Gasteiger partial charge in [-0.05, 0) is 24.1 Å². The predicted octanol–water partition coefficient (Wildman–Crippen LogP) is 2.11. The van der Waals surface area contributed by atoms with Crippen molar-refractivity contribution in [2.24, 2.45) is 5.73 Å². The number of rotatable bonds is 3. The third-order valence-electron chi connectivity index (χ3n) is 2.46. The number of hydrogen-bond acceptors (Lipinski definition) is 2.